The van der Waals surface area contributed by atoms with E-state index in [2.05, 4.69) is 6.92 Å². The lowest BCUT2D eigenvalue weighted by Gasteiger charge is -2.14. The molecule has 0 heterocycles. The topological polar surface area (TPSA) is 26.0 Å². The van der Waals surface area contributed by atoms with Crippen molar-refractivity contribution < 1.29 is 4.39 Å². The standard InChI is InChI=1S/C16H18FN/c1-3-12-5-7-13(8-6-12)16(18)14-10-11(2)4-9-15(14)17/h4-10,16H,3,18H2,1-2H3. The second-order valence-electron chi connectivity index (χ2n) is 4.60. The zero-order chi connectivity index (χ0) is 13.1. The van der Waals surface area contributed by atoms with E-state index in [1.54, 1.807) is 6.07 Å². The summed E-state index contributed by atoms with van der Waals surface area (Å²) >= 11 is 0. The van der Waals surface area contributed by atoms with Crippen LogP contribution in [0.1, 0.15) is 35.2 Å². The number of rotatable bonds is 3. The number of hydrogen-bond donors (Lipinski definition) is 1. The van der Waals surface area contributed by atoms with Gasteiger partial charge in [-0.3, -0.25) is 0 Å². The first-order valence-corrected chi connectivity index (χ1v) is 6.22. The fourth-order valence-electron chi connectivity index (χ4n) is 2.04. The molecule has 2 aromatic rings. The average molecular weight is 243 g/mol. The van der Waals surface area contributed by atoms with Crippen LogP contribution >= 0.6 is 0 Å². The predicted molar refractivity (Wildman–Crippen MR) is 73.0 cm³/mol. The van der Waals surface area contributed by atoms with Crippen LogP contribution in [-0.4, -0.2) is 0 Å². The Morgan fingerprint density at radius 3 is 2.39 bits per heavy atom. The van der Waals surface area contributed by atoms with Crippen LogP contribution < -0.4 is 5.73 Å². The fourth-order valence-corrected chi connectivity index (χ4v) is 2.04. The summed E-state index contributed by atoms with van der Waals surface area (Å²) in [4.78, 5) is 0. The molecule has 0 radical (unpaired) electrons. The van der Waals surface area contributed by atoms with Crippen molar-refractivity contribution in [3.8, 4) is 0 Å². The minimum atomic E-state index is -0.407. The number of aryl methyl sites for hydroxylation is 2. The van der Waals surface area contributed by atoms with Gasteiger partial charge in [-0.25, -0.2) is 4.39 Å². The third-order valence-electron chi connectivity index (χ3n) is 3.23. The van der Waals surface area contributed by atoms with E-state index in [1.807, 2.05) is 37.3 Å². The summed E-state index contributed by atoms with van der Waals surface area (Å²) < 4.78 is 13.8. The molecule has 0 fully saturated rings. The van der Waals surface area contributed by atoms with Gasteiger partial charge in [0, 0.05) is 5.56 Å². The van der Waals surface area contributed by atoms with Crippen molar-refractivity contribution in [2.75, 3.05) is 0 Å². The third-order valence-corrected chi connectivity index (χ3v) is 3.23. The maximum absolute atomic E-state index is 13.8. The van der Waals surface area contributed by atoms with Crippen LogP contribution in [0.5, 0.6) is 0 Å². The summed E-state index contributed by atoms with van der Waals surface area (Å²) in [6.07, 6.45) is 0.994. The van der Waals surface area contributed by atoms with Gasteiger partial charge in [0.1, 0.15) is 5.82 Å². The zero-order valence-electron chi connectivity index (χ0n) is 10.8. The second kappa shape index (κ2) is 5.32. The van der Waals surface area contributed by atoms with E-state index < -0.39 is 6.04 Å². The maximum Gasteiger partial charge on any atom is 0.128 e. The van der Waals surface area contributed by atoms with Crippen molar-refractivity contribution >= 4 is 0 Å². The first-order chi connectivity index (χ1) is 8.61. The highest BCUT2D eigenvalue weighted by molar-refractivity contribution is 5.35. The van der Waals surface area contributed by atoms with Crippen LogP contribution in [-0.2, 0) is 6.42 Å². The minimum absolute atomic E-state index is 0.243. The van der Waals surface area contributed by atoms with Gasteiger partial charge in [0.2, 0.25) is 0 Å². The Morgan fingerprint density at radius 2 is 1.78 bits per heavy atom. The Hall–Kier alpha value is -1.67. The molecule has 0 aliphatic heterocycles. The summed E-state index contributed by atoms with van der Waals surface area (Å²) in [5, 5.41) is 0. The van der Waals surface area contributed by atoms with Crippen molar-refractivity contribution in [2.24, 2.45) is 5.73 Å². The van der Waals surface area contributed by atoms with Crippen molar-refractivity contribution in [1.29, 1.82) is 0 Å². The molecular formula is C16H18FN. The molecule has 0 saturated carbocycles. The summed E-state index contributed by atoms with van der Waals surface area (Å²) in [5.74, 6) is -0.243. The summed E-state index contributed by atoms with van der Waals surface area (Å²) in [6.45, 7) is 4.05. The van der Waals surface area contributed by atoms with Gasteiger partial charge in [0.25, 0.3) is 0 Å². The molecule has 0 saturated heterocycles. The average Bonchev–Trinajstić information content (AvgIpc) is 2.41. The van der Waals surface area contributed by atoms with Crippen molar-refractivity contribution in [1.82, 2.24) is 0 Å². The van der Waals surface area contributed by atoms with Crippen LogP contribution in [0, 0.1) is 12.7 Å². The van der Waals surface area contributed by atoms with Gasteiger partial charge in [0.05, 0.1) is 6.04 Å². The molecule has 2 N–H and O–H groups in total. The molecule has 0 bridgehead atoms. The Balaban J connectivity index is 2.34. The van der Waals surface area contributed by atoms with E-state index in [-0.39, 0.29) is 5.82 Å². The molecule has 1 unspecified atom stereocenters. The third kappa shape index (κ3) is 2.59. The molecule has 0 amide bonds. The molecule has 0 aliphatic carbocycles. The molecule has 2 rings (SSSR count). The molecular weight excluding hydrogens is 225 g/mol. The van der Waals surface area contributed by atoms with E-state index in [1.165, 1.54) is 11.6 Å². The lowest BCUT2D eigenvalue weighted by Crippen LogP contribution is -2.13. The molecule has 0 aromatic heterocycles. The molecule has 94 valence electrons. The van der Waals surface area contributed by atoms with Crippen LogP contribution in [0.25, 0.3) is 0 Å². The summed E-state index contributed by atoms with van der Waals surface area (Å²) in [6, 6.07) is 12.7. The quantitative estimate of drug-likeness (QED) is 0.873. The summed E-state index contributed by atoms with van der Waals surface area (Å²) in [7, 11) is 0. The second-order valence-corrected chi connectivity index (χ2v) is 4.60. The SMILES string of the molecule is CCc1ccc(C(N)c2cc(C)ccc2F)cc1. The summed E-state index contributed by atoms with van der Waals surface area (Å²) in [5.41, 5.74) is 9.91. The number of hydrogen-bond acceptors (Lipinski definition) is 1. The predicted octanol–water partition coefficient (Wildman–Crippen LogP) is 3.74. The van der Waals surface area contributed by atoms with E-state index in [0.717, 1.165) is 17.5 Å². The molecule has 18 heavy (non-hydrogen) atoms. The number of benzene rings is 2. The molecule has 0 spiro atoms. The van der Waals surface area contributed by atoms with Gasteiger partial charge in [-0.2, -0.15) is 0 Å². The monoisotopic (exact) mass is 243 g/mol. The van der Waals surface area contributed by atoms with Gasteiger partial charge >= 0.3 is 0 Å². The Labute approximate surface area is 107 Å². The minimum Gasteiger partial charge on any atom is -0.320 e. The van der Waals surface area contributed by atoms with Crippen LogP contribution in [0.4, 0.5) is 4.39 Å². The van der Waals surface area contributed by atoms with Gasteiger partial charge in [0.15, 0.2) is 0 Å². The zero-order valence-corrected chi connectivity index (χ0v) is 10.8. The number of halogens is 1. The highest BCUT2D eigenvalue weighted by atomic mass is 19.1. The van der Waals surface area contributed by atoms with Gasteiger partial charge in [-0.15, -0.1) is 0 Å². The molecule has 0 aliphatic rings. The molecule has 1 atom stereocenters. The normalized spacial score (nSPS) is 12.4. The lowest BCUT2D eigenvalue weighted by molar-refractivity contribution is 0.599. The van der Waals surface area contributed by atoms with E-state index >= 15 is 0 Å². The first kappa shape index (κ1) is 12.8. The number of nitrogens with two attached hydrogens (primary N) is 1. The molecule has 2 aromatic carbocycles. The first-order valence-electron chi connectivity index (χ1n) is 6.22. The van der Waals surface area contributed by atoms with Crippen LogP contribution in [0.15, 0.2) is 42.5 Å². The molecule has 2 heteroatoms. The Morgan fingerprint density at radius 1 is 1.11 bits per heavy atom. The van der Waals surface area contributed by atoms with Gasteiger partial charge in [-0.05, 0) is 30.5 Å². The Bertz CT molecular complexity index is 531. The van der Waals surface area contributed by atoms with E-state index in [9.17, 15) is 4.39 Å². The van der Waals surface area contributed by atoms with Crippen molar-refractivity contribution in [3.05, 3.63) is 70.5 Å². The highest BCUT2D eigenvalue weighted by Gasteiger charge is 2.13. The van der Waals surface area contributed by atoms with Crippen molar-refractivity contribution in [3.63, 3.8) is 0 Å². The van der Waals surface area contributed by atoms with Crippen LogP contribution in [0.3, 0.4) is 0 Å². The molecule has 1 nitrogen and oxygen atoms in total. The lowest BCUT2D eigenvalue weighted by atomic mass is 9.96. The smallest absolute Gasteiger partial charge is 0.128 e. The highest BCUT2D eigenvalue weighted by Crippen LogP contribution is 2.23. The van der Waals surface area contributed by atoms with E-state index in [0.29, 0.717) is 5.56 Å². The Kier molecular flexibility index (Phi) is 3.78. The fraction of sp³-hybridized carbons (Fsp3) is 0.250. The van der Waals surface area contributed by atoms with Crippen molar-refractivity contribution in [2.45, 2.75) is 26.3 Å². The largest absolute Gasteiger partial charge is 0.320 e. The van der Waals surface area contributed by atoms with Gasteiger partial charge in [-0.1, -0.05) is 48.9 Å². The van der Waals surface area contributed by atoms with Gasteiger partial charge < -0.3 is 5.73 Å². The van der Waals surface area contributed by atoms with Crippen LogP contribution in [0.2, 0.25) is 0 Å². The van der Waals surface area contributed by atoms with E-state index in [4.69, 9.17) is 5.73 Å². The maximum atomic E-state index is 13.8.